The fourth-order valence-electron chi connectivity index (χ4n) is 1.86. The van der Waals surface area contributed by atoms with Gasteiger partial charge in [0.05, 0.1) is 10.7 Å². The van der Waals surface area contributed by atoms with Crippen LogP contribution in [0.4, 0.5) is 0 Å². The van der Waals surface area contributed by atoms with Crippen molar-refractivity contribution >= 4 is 11.3 Å². The van der Waals surface area contributed by atoms with Crippen LogP contribution in [-0.4, -0.2) is 18.1 Å². The van der Waals surface area contributed by atoms with Crippen molar-refractivity contribution in [3.63, 3.8) is 0 Å². The Balaban J connectivity index is 2.61. The zero-order valence-corrected chi connectivity index (χ0v) is 12.7. The van der Waals surface area contributed by atoms with Crippen molar-refractivity contribution in [2.24, 2.45) is 5.41 Å². The molecule has 0 saturated carbocycles. The van der Waals surface area contributed by atoms with Crippen molar-refractivity contribution in [1.82, 2.24) is 10.3 Å². The van der Waals surface area contributed by atoms with Gasteiger partial charge in [-0.05, 0) is 38.6 Å². The van der Waals surface area contributed by atoms with Gasteiger partial charge in [0.2, 0.25) is 0 Å². The molecule has 1 rings (SSSR count). The van der Waals surface area contributed by atoms with Gasteiger partial charge < -0.3 is 5.32 Å². The van der Waals surface area contributed by atoms with Gasteiger partial charge >= 0.3 is 0 Å². The van der Waals surface area contributed by atoms with Crippen molar-refractivity contribution < 1.29 is 0 Å². The molecule has 1 aromatic heterocycles. The van der Waals surface area contributed by atoms with E-state index in [9.17, 15) is 0 Å². The first-order valence-electron chi connectivity index (χ1n) is 6.64. The topological polar surface area (TPSA) is 24.9 Å². The van der Waals surface area contributed by atoms with Gasteiger partial charge in [0.15, 0.2) is 0 Å². The molecule has 17 heavy (non-hydrogen) atoms. The Morgan fingerprint density at radius 2 is 2.00 bits per heavy atom. The highest BCUT2D eigenvalue weighted by atomic mass is 32.1. The summed E-state index contributed by atoms with van der Waals surface area (Å²) >= 11 is 1.86. The minimum absolute atomic E-state index is 0.339. The van der Waals surface area contributed by atoms with Gasteiger partial charge in [0.1, 0.15) is 0 Å². The van der Waals surface area contributed by atoms with Crippen molar-refractivity contribution in [2.75, 3.05) is 13.1 Å². The molecule has 1 atom stereocenters. The predicted octanol–water partition coefficient (Wildman–Crippen LogP) is 3.72. The summed E-state index contributed by atoms with van der Waals surface area (Å²) < 4.78 is 0. The highest BCUT2D eigenvalue weighted by Crippen LogP contribution is 2.28. The first kappa shape index (κ1) is 14.7. The number of aryl methyl sites for hydroxylation is 2. The Morgan fingerprint density at radius 1 is 1.29 bits per heavy atom. The molecular formula is C14H26N2S. The van der Waals surface area contributed by atoms with Gasteiger partial charge in [-0.2, -0.15) is 0 Å². The van der Waals surface area contributed by atoms with E-state index in [0.29, 0.717) is 5.41 Å². The van der Waals surface area contributed by atoms with Crippen LogP contribution in [0.2, 0.25) is 0 Å². The van der Waals surface area contributed by atoms with Crippen LogP contribution in [0.25, 0.3) is 0 Å². The lowest BCUT2D eigenvalue weighted by Crippen LogP contribution is -2.33. The Labute approximate surface area is 110 Å². The third-order valence-electron chi connectivity index (χ3n) is 3.48. The molecule has 1 heterocycles. The van der Waals surface area contributed by atoms with Gasteiger partial charge in [-0.15, -0.1) is 11.3 Å². The van der Waals surface area contributed by atoms with E-state index in [1.807, 2.05) is 11.3 Å². The van der Waals surface area contributed by atoms with Crippen molar-refractivity contribution in [3.05, 3.63) is 15.6 Å². The zero-order chi connectivity index (χ0) is 12.9. The molecule has 3 heteroatoms. The molecule has 0 aliphatic rings. The smallest absolute Gasteiger partial charge is 0.0936 e. The first-order valence-corrected chi connectivity index (χ1v) is 7.46. The van der Waals surface area contributed by atoms with Gasteiger partial charge in [-0.3, -0.25) is 0 Å². The molecule has 0 bridgehead atoms. The molecule has 0 aliphatic carbocycles. The van der Waals surface area contributed by atoms with Crippen LogP contribution in [0, 0.1) is 19.3 Å². The lowest BCUT2D eigenvalue weighted by atomic mass is 9.84. The molecule has 0 fully saturated rings. The molecule has 0 amide bonds. The van der Waals surface area contributed by atoms with Crippen LogP contribution in [0.15, 0.2) is 0 Å². The Morgan fingerprint density at radius 3 is 2.47 bits per heavy atom. The maximum absolute atomic E-state index is 4.66. The first-order chi connectivity index (χ1) is 8.00. The van der Waals surface area contributed by atoms with Gasteiger partial charge in [-0.1, -0.05) is 20.8 Å². The molecule has 0 saturated heterocycles. The summed E-state index contributed by atoms with van der Waals surface area (Å²) in [4.78, 5) is 6.02. The minimum Gasteiger partial charge on any atom is -0.316 e. The van der Waals surface area contributed by atoms with Gasteiger partial charge in [0.25, 0.3) is 0 Å². The summed E-state index contributed by atoms with van der Waals surface area (Å²) in [6, 6.07) is 0. The predicted molar refractivity (Wildman–Crippen MR) is 76.9 cm³/mol. The summed E-state index contributed by atoms with van der Waals surface area (Å²) in [5, 5.41) is 4.84. The monoisotopic (exact) mass is 254 g/mol. The minimum atomic E-state index is 0.339. The van der Waals surface area contributed by atoms with E-state index < -0.39 is 0 Å². The summed E-state index contributed by atoms with van der Waals surface area (Å²) in [5.41, 5.74) is 1.54. The number of hydrogen-bond donors (Lipinski definition) is 1. The van der Waals surface area contributed by atoms with Gasteiger partial charge in [0, 0.05) is 17.8 Å². The Kier molecular flexibility index (Phi) is 5.60. The fourth-order valence-corrected chi connectivity index (χ4v) is 3.01. The standard InChI is InChI=1S/C14H26N2S/c1-6-8-15-10-14(5,7-2)9-13-16-11(3)12(4)17-13/h15H,6-10H2,1-5H3. The van der Waals surface area contributed by atoms with E-state index in [2.05, 4.69) is 44.9 Å². The molecule has 0 aliphatic heterocycles. The summed E-state index contributed by atoms with van der Waals surface area (Å²) in [7, 11) is 0. The van der Waals surface area contributed by atoms with Crippen LogP contribution in [0.1, 0.15) is 49.2 Å². The molecule has 1 unspecified atom stereocenters. The molecule has 2 nitrogen and oxygen atoms in total. The second-order valence-corrected chi connectivity index (χ2v) is 6.55. The van der Waals surface area contributed by atoms with Crippen molar-refractivity contribution in [2.45, 2.75) is 53.9 Å². The van der Waals surface area contributed by atoms with Crippen molar-refractivity contribution in [3.8, 4) is 0 Å². The molecule has 98 valence electrons. The van der Waals surface area contributed by atoms with Gasteiger partial charge in [-0.25, -0.2) is 4.98 Å². The second-order valence-electron chi connectivity index (χ2n) is 5.27. The van der Waals surface area contributed by atoms with E-state index in [-0.39, 0.29) is 0 Å². The normalized spacial score (nSPS) is 14.9. The number of aromatic nitrogens is 1. The van der Waals surface area contributed by atoms with Crippen LogP contribution < -0.4 is 5.32 Å². The van der Waals surface area contributed by atoms with E-state index in [4.69, 9.17) is 0 Å². The molecule has 1 N–H and O–H groups in total. The molecule has 0 aromatic carbocycles. The molecule has 0 radical (unpaired) electrons. The number of rotatable bonds is 7. The van der Waals surface area contributed by atoms with Crippen LogP contribution in [-0.2, 0) is 6.42 Å². The fraction of sp³-hybridized carbons (Fsp3) is 0.786. The Hall–Kier alpha value is -0.410. The third kappa shape index (κ3) is 4.40. The number of nitrogens with zero attached hydrogens (tertiary/aromatic N) is 1. The maximum Gasteiger partial charge on any atom is 0.0936 e. The quantitative estimate of drug-likeness (QED) is 0.750. The van der Waals surface area contributed by atoms with Crippen LogP contribution >= 0.6 is 11.3 Å². The number of thiazole rings is 1. The SMILES string of the molecule is CCCNCC(C)(CC)Cc1nc(C)c(C)s1. The highest BCUT2D eigenvalue weighted by molar-refractivity contribution is 7.11. The number of hydrogen-bond acceptors (Lipinski definition) is 3. The second kappa shape index (κ2) is 6.50. The van der Waals surface area contributed by atoms with E-state index in [1.165, 1.54) is 28.4 Å². The lowest BCUT2D eigenvalue weighted by Gasteiger charge is -2.27. The number of nitrogens with one attached hydrogen (secondary N) is 1. The van der Waals surface area contributed by atoms with E-state index >= 15 is 0 Å². The summed E-state index contributed by atoms with van der Waals surface area (Å²) in [5.74, 6) is 0. The van der Waals surface area contributed by atoms with E-state index in [1.54, 1.807) is 0 Å². The molecule has 1 aromatic rings. The van der Waals surface area contributed by atoms with Crippen LogP contribution in [0.5, 0.6) is 0 Å². The molecule has 0 spiro atoms. The van der Waals surface area contributed by atoms with Crippen molar-refractivity contribution in [1.29, 1.82) is 0 Å². The van der Waals surface area contributed by atoms with Crippen LogP contribution in [0.3, 0.4) is 0 Å². The largest absolute Gasteiger partial charge is 0.316 e. The highest BCUT2D eigenvalue weighted by Gasteiger charge is 2.23. The van der Waals surface area contributed by atoms with E-state index in [0.717, 1.165) is 19.5 Å². The third-order valence-corrected chi connectivity index (χ3v) is 4.56. The lowest BCUT2D eigenvalue weighted by molar-refractivity contribution is 0.290. The average molecular weight is 254 g/mol. The zero-order valence-electron chi connectivity index (χ0n) is 11.9. The molecular weight excluding hydrogens is 228 g/mol. The summed E-state index contributed by atoms with van der Waals surface area (Å²) in [6.07, 6.45) is 3.50. The summed E-state index contributed by atoms with van der Waals surface area (Å²) in [6.45, 7) is 13.3. The Bertz CT molecular complexity index is 326. The maximum atomic E-state index is 4.66. The average Bonchev–Trinajstić information content (AvgIpc) is 2.58.